The Balaban J connectivity index is 2.39. The van der Waals surface area contributed by atoms with E-state index in [0.717, 1.165) is 22.5 Å². The van der Waals surface area contributed by atoms with Gasteiger partial charge in [0.15, 0.2) is 4.90 Å². The first-order valence-corrected chi connectivity index (χ1v) is 7.89. The third-order valence-corrected chi connectivity index (χ3v) is 5.41. The summed E-state index contributed by atoms with van der Waals surface area (Å²) in [6.45, 7) is 1.11. The molecule has 0 aromatic heterocycles. The van der Waals surface area contributed by atoms with Crippen LogP contribution in [0.1, 0.15) is 6.42 Å². The summed E-state index contributed by atoms with van der Waals surface area (Å²) < 4.78 is 40.0. The van der Waals surface area contributed by atoms with Crippen molar-refractivity contribution in [1.82, 2.24) is 9.62 Å². The van der Waals surface area contributed by atoms with Gasteiger partial charge in [0.2, 0.25) is 0 Å². The molecule has 1 fully saturated rings. The molecule has 0 aliphatic carbocycles. The molecule has 1 atom stereocenters. The van der Waals surface area contributed by atoms with E-state index < -0.39 is 31.3 Å². The van der Waals surface area contributed by atoms with Crippen LogP contribution in [-0.2, 0) is 10.0 Å². The lowest BCUT2D eigenvalue weighted by molar-refractivity contribution is -0.388. The molecule has 1 saturated heterocycles. The van der Waals surface area contributed by atoms with Gasteiger partial charge < -0.3 is 5.32 Å². The van der Waals surface area contributed by atoms with Gasteiger partial charge in [0.05, 0.1) is 4.92 Å². The molecule has 2 rings (SSSR count). The molecule has 116 valence electrons. The Morgan fingerprint density at radius 3 is 2.86 bits per heavy atom. The van der Waals surface area contributed by atoms with Gasteiger partial charge in [-0.3, -0.25) is 10.1 Å². The Labute approximate surface area is 122 Å². The fraction of sp³-hybridized carbons (Fsp3) is 0.500. The second-order valence-electron chi connectivity index (χ2n) is 4.92. The van der Waals surface area contributed by atoms with Crippen LogP contribution in [0, 0.1) is 21.8 Å². The van der Waals surface area contributed by atoms with E-state index in [2.05, 4.69) is 5.32 Å². The van der Waals surface area contributed by atoms with E-state index in [0.29, 0.717) is 13.0 Å². The number of rotatable bonds is 5. The van der Waals surface area contributed by atoms with Gasteiger partial charge in [-0.25, -0.2) is 12.8 Å². The first-order chi connectivity index (χ1) is 9.87. The number of nitro benzene ring substituents is 1. The fourth-order valence-electron chi connectivity index (χ4n) is 2.50. The predicted molar refractivity (Wildman–Crippen MR) is 73.8 cm³/mol. The molecule has 0 radical (unpaired) electrons. The van der Waals surface area contributed by atoms with Gasteiger partial charge in [0, 0.05) is 19.2 Å². The van der Waals surface area contributed by atoms with Crippen LogP contribution in [0.25, 0.3) is 0 Å². The van der Waals surface area contributed by atoms with E-state index in [1.165, 1.54) is 0 Å². The van der Waals surface area contributed by atoms with Crippen molar-refractivity contribution in [2.24, 2.45) is 5.92 Å². The molecule has 1 heterocycles. The van der Waals surface area contributed by atoms with E-state index >= 15 is 0 Å². The maximum atomic E-state index is 13.9. The highest BCUT2D eigenvalue weighted by molar-refractivity contribution is 7.89. The molecule has 1 aliphatic heterocycles. The van der Waals surface area contributed by atoms with Crippen molar-refractivity contribution in [3.63, 3.8) is 0 Å². The highest BCUT2D eigenvalue weighted by atomic mass is 32.2. The molecule has 0 bridgehead atoms. The minimum absolute atomic E-state index is 0.121. The Kier molecular flexibility index (Phi) is 4.55. The van der Waals surface area contributed by atoms with Crippen LogP contribution in [0.3, 0.4) is 0 Å². The van der Waals surface area contributed by atoms with Gasteiger partial charge in [0.1, 0.15) is 5.82 Å². The Hall–Kier alpha value is -1.58. The molecule has 21 heavy (non-hydrogen) atoms. The third kappa shape index (κ3) is 3.04. The summed E-state index contributed by atoms with van der Waals surface area (Å²) >= 11 is 0. The highest BCUT2D eigenvalue weighted by Gasteiger charge is 2.38. The van der Waals surface area contributed by atoms with E-state index in [-0.39, 0.29) is 19.0 Å². The van der Waals surface area contributed by atoms with Crippen molar-refractivity contribution in [1.29, 1.82) is 0 Å². The Bertz CT molecular complexity index is 650. The van der Waals surface area contributed by atoms with Crippen LogP contribution in [0.4, 0.5) is 10.1 Å². The molecule has 0 spiro atoms. The van der Waals surface area contributed by atoms with Crippen LogP contribution >= 0.6 is 0 Å². The zero-order valence-corrected chi connectivity index (χ0v) is 12.3. The zero-order chi connectivity index (χ0) is 15.6. The highest BCUT2D eigenvalue weighted by Crippen LogP contribution is 2.31. The lowest BCUT2D eigenvalue weighted by Gasteiger charge is -2.17. The smallest absolute Gasteiger partial charge is 0.292 e. The monoisotopic (exact) mass is 317 g/mol. The van der Waals surface area contributed by atoms with Crippen molar-refractivity contribution in [2.45, 2.75) is 11.3 Å². The van der Waals surface area contributed by atoms with Crippen molar-refractivity contribution >= 4 is 15.7 Å². The first kappa shape index (κ1) is 15.8. The summed E-state index contributed by atoms with van der Waals surface area (Å²) in [5.41, 5.74) is -0.730. The lowest BCUT2D eigenvalue weighted by atomic mass is 10.1. The summed E-state index contributed by atoms with van der Waals surface area (Å²) in [7, 11) is -2.44. The third-order valence-electron chi connectivity index (χ3n) is 3.48. The maximum Gasteiger partial charge on any atom is 0.292 e. The largest absolute Gasteiger partial charge is 0.319 e. The number of benzene rings is 1. The molecule has 9 heteroatoms. The number of nitrogens with one attached hydrogen (secondary N) is 1. The molecular weight excluding hydrogens is 301 g/mol. The molecule has 7 nitrogen and oxygen atoms in total. The van der Waals surface area contributed by atoms with Crippen LogP contribution < -0.4 is 5.32 Å². The first-order valence-electron chi connectivity index (χ1n) is 6.45. The van der Waals surface area contributed by atoms with Crippen LogP contribution in [0.2, 0.25) is 0 Å². The molecular formula is C12H16FN3O4S. The zero-order valence-electron chi connectivity index (χ0n) is 11.5. The average molecular weight is 317 g/mol. The summed E-state index contributed by atoms with van der Waals surface area (Å²) in [5.74, 6) is -0.975. The minimum Gasteiger partial charge on any atom is -0.319 e. The fourth-order valence-corrected chi connectivity index (χ4v) is 4.23. The summed E-state index contributed by atoms with van der Waals surface area (Å²) in [4.78, 5) is 9.22. The quantitative estimate of drug-likeness (QED) is 0.645. The van der Waals surface area contributed by atoms with Gasteiger partial charge in [-0.05, 0) is 32.0 Å². The van der Waals surface area contributed by atoms with E-state index in [1.54, 1.807) is 7.05 Å². The van der Waals surface area contributed by atoms with Gasteiger partial charge in [0.25, 0.3) is 15.7 Å². The normalized spacial score (nSPS) is 19.8. The Morgan fingerprint density at radius 2 is 2.24 bits per heavy atom. The number of nitrogens with zero attached hydrogens (tertiary/aromatic N) is 2. The molecule has 1 unspecified atom stereocenters. The van der Waals surface area contributed by atoms with Crippen molar-refractivity contribution in [3.8, 4) is 0 Å². The summed E-state index contributed by atoms with van der Waals surface area (Å²) in [6.07, 6.45) is 0.641. The van der Waals surface area contributed by atoms with Gasteiger partial charge >= 0.3 is 0 Å². The second kappa shape index (κ2) is 6.04. The van der Waals surface area contributed by atoms with Gasteiger partial charge in [-0.1, -0.05) is 6.07 Å². The van der Waals surface area contributed by atoms with Crippen LogP contribution in [-0.4, -0.2) is 44.3 Å². The van der Waals surface area contributed by atoms with Crippen molar-refractivity contribution in [2.75, 3.05) is 26.7 Å². The number of sulfonamides is 1. The standard InChI is InChI=1S/C12H16FN3O4S/c1-14-7-9-5-6-15(8-9)21(19,20)12-10(13)3-2-4-11(12)16(17)18/h2-4,9,14H,5-8H2,1H3. The number of halogens is 1. The predicted octanol–water partition coefficient (Wildman–Crippen LogP) is 0.964. The Morgan fingerprint density at radius 1 is 1.52 bits per heavy atom. The minimum atomic E-state index is -4.21. The molecule has 1 N–H and O–H groups in total. The SMILES string of the molecule is CNCC1CCN(S(=O)(=O)c2c(F)cccc2[N+](=O)[O-])C1. The van der Waals surface area contributed by atoms with E-state index in [1.807, 2.05) is 0 Å². The number of nitro groups is 1. The summed E-state index contributed by atoms with van der Waals surface area (Å²) in [5, 5.41) is 13.9. The molecule has 1 aromatic carbocycles. The van der Waals surface area contributed by atoms with Gasteiger partial charge in [-0.2, -0.15) is 4.31 Å². The van der Waals surface area contributed by atoms with Crippen LogP contribution in [0.15, 0.2) is 23.1 Å². The second-order valence-corrected chi connectivity index (χ2v) is 6.80. The van der Waals surface area contributed by atoms with Gasteiger partial charge in [-0.15, -0.1) is 0 Å². The molecule has 0 amide bonds. The summed E-state index contributed by atoms with van der Waals surface area (Å²) in [6, 6.07) is 3.04. The topological polar surface area (TPSA) is 92.6 Å². The van der Waals surface area contributed by atoms with E-state index in [4.69, 9.17) is 0 Å². The van der Waals surface area contributed by atoms with Crippen molar-refractivity contribution < 1.29 is 17.7 Å². The average Bonchev–Trinajstić information content (AvgIpc) is 2.88. The lowest BCUT2D eigenvalue weighted by Crippen LogP contribution is -2.31. The van der Waals surface area contributed by atoms with E-state index in [9.17, 15) is 22.9 Å². The number of hydrogen-bond donors (Lipinski definition) is 1. The molecule has 0 saturated carbocycles. The molecule has 1 aromatic rings. The van der Waals surface area contributed by atoms with Crippen molar-refractivity contribution in [3.05, 3.63) is 34.1 Å². The number of hydrogen-bond acceptors (Lipinski definition) is 5. The molecule has 1 aliphatic rings. The maximum absolute atomic E-state index is 13.9. The van der Waals surface area contributed by atoms with Crippen LogP contribution in [0.5, 0.6) is 0 Å².